The van der Waals surface area contributed by atoms with Gasteiger partial charge in [-0.3, -0.25) is 0 Å². The summed E-state index contributed by atoms with van der Waals surface area (Å²) in [5.74, 6) is 3.50. The van der Waals surface area contributed by atoms with Gasteiger partial charge in [0.2, 0.25) is 5.95 Å². The van der Waals surface area contributed by atoms with E-state index in [2.05, 4.69) is 66.9 Å². The molecule has 6 heteroatoms. The topological polar surface area (TPSA) is 59.7 Å². The van der Waals surface area contributed by atoms with Crippen molar-refractivity contribution in [1.82, 2.24) is 24.7 Å². The molecular formula is C21H26N6. The molecule has 0 spiro atoms. The molecule has 0 atom stereocenters. The summed E-state index contributed by atoms with van der Waals surface area (Å²) < 4.78 is 2.35. The van der Waals surface area contributed by atoms with E-state index < -0.39 is 0 Å². The first-order chi connectivity index (χ1) is 13.3. The molecule has 1 aliphatic heterocycles. The minimum atomic E-state index is 0.437. The van der Waals surface area contributed by atoms with Gasteiger partial charge in [-0.15, -0.1) is 10.2 Å². The van der Waals surface area contributed by atoms with E-state index in [0.717, 1.165) is 62.9 Å². The fourth-order valence-corrected chi connectivity index (χ4v) is 3.79. The Morgan fingerprint density at radius 3 is 2.41 bits per heavy atom. The molecule has 3 aromatic rings. The van der Waals surface area contributed by atoms with Crippen molar-refractivity contribution in [2.45, 2.75) is 45.1 Å². The maximum Gasteiger partial charge on any atom is 0.225 e. The lowest BCUT2D eigenvalue weighted by Gasteiger charge is -2.31. The van der Waals surface area contributed by atoms with Gasteiger partial charge in [-0.2, -0.15) is 0 Å². The third kappa shape index (κ3) is 3.99. The maximum atomic E-state index is 4.62. The quantitative estimate of drug-likeness (QED) is 0.672. The van der Waals surface area contributed by atoms with E-state index in [9.17, 15) is 0 Å². The van der Waals surface area contributed by atoms with Gasteiger partial charge in [0.1, 0.15) is 11.6 Å². The second-order valence-corrected chi connectivity index (χ2v) is 7.11. The SMILES string of the molecule is CCCc1nnc(C2CCN(c3ncccn3)CC2)n1Cc1ccccc1. The van der Waals surface area contributed by atoms with Crippen molar-refractivity contribution in [3.63, 3.8) is 0 Å². The first kappa shape index (κ1) is 17.6. The summed E-state index contributed by atoms with van der Waals surface area (Å²) in [6, 6.07) is 12.5. The van der Waals surface area contributed by atoms with E-state index in [1.54, 1.807) is 0 Å². The largest absolute Gasteiger partial charge is 0.341 e. The van der Waals surface area contributed by atoms with Gasteiger partial charge in [0, 0.05) is 37.8 Å². The second-order valence-electron chi connectivity index (χ2n) is 7.11. The number of hydrogen-bond donors (Lipinski definition) is 0. The highest BCUT2D eigenvalue weighted by molar-refractivity contribution is 5.30. The number of rotatable bonds is 6. The number of aromatic nitrogens is 5. The van der Waals surface area contributed by atoms with E-state index >= 15 is 0 Å². The Kier molecular flexibility index (Phi) is 5.42. The monoisotopic (exact) mass is 362 g/mol. The zero-order valence-electron chi connectivity index (χ0n) is 15.8. The Balaban J connectivity index is 1.52. The molecule has 6 nitrogen and oxygen atoms in total. The van der Waals surface area contributed by atoms with Gasteiger partial charge in [0.05, 0.1) is 6.54 Å². The van der Waals surface area contributed by atoms with Crippen LogP contribution in [0, 0.1) is 0 Å². The van der Waals surface area contributed by atoms with Crippen LogP contribution < -0.4 is 4.90 Å². The van der Waals surface area contributed by atoms with Crippen LogP contribution in [0.25, 0.3) is 0 Å². The highest BCUT2D eigenvalue weighted by atomic mass is 15.3. The second kappa shape index (κ2) is 8.29. The van der Waals surface area contributed by atoms with Gasteiger partial charge in [-0.1, -0.05) is 37.3 Å². The van der Waals surface area contributed by atoms with Crippen LogP contribution in [0.4, 0.5) is 5.95 Å². The van der Waals surface area contributed by atoms with Crippen molar-refractivity contribution in [3.8, 4) is 0 Å². The molecule has 0 amide bonds. The predicted octanol–water partition coefficient (Wildman–Crippen LogP) is 3.45. The predicted molar refractivity (Wildman–Crippen MR) is 106 cm³/mol. The fourth-order valence-electron chi connectivity index (χ4n) is 3.79. The molecule has 0 radical (unpaired) electrons. The van der Waals surface area contributed by atoms with Crippen LogP contribution in [-0.4, -0.2) is 37.8 Å². The molecule has 0 aliphatic carbocycles. The van der Waals surface area contributed by atoms with Gasteiger partial charge >= 0.3 is 0 Å². The Hall–Kier alpha value is -2.76. The molecule has 1 saturated heterocycles. The van der Waals surface area contributed by atoms with Crippen LogP contribution in [0.1, 0.15) is 49.3 Å². The number of piperidine rings is 1. The number of benzene rings is 1. The van der Waals surface area contributed by atoms with E-state index in [1.165, 1.54) is 5.56 Å². The smallest absolute Gasteiger partial charge is 0.225 e. The molecule has 4 rings (SSSR count). The summed E-state index contributed by atoms with van der Waals surface area (Å²) in [6.07, 6.45) is 7.77. The van der Waals surface area contributed by atoms with Gasteiger partial charge in [0.25, 0.3) is 0 Å². The number of anilines is 1. The lowest BCUT2D eigenvalue weighted by Crippen LogP contribution is -2.35. The molecule has 1 fully saturated rings. The van der Waals surface area contributed by atoms with Gasteiger partial charge < -0.3 is 9.47 Å². The average molecular weight is 362 g/mol. The molecule has 1 aromatic carbocycles. The molecule has 1 aliphatic rings. The van der Waals surface area contributed by atoms with Crippen LogP contribution in [-0.2, 0) is 13.0 Å². The average Bonchev–Trinajstić information content (AvgIpc) is 3.12. The molecule has 0 unspecified atom stereocenters. The highest BCUT2D eigenvalue weighted by Gasteiger charge is 2.27. The van der Waals surface area contributed by atoms with Crippen molar-refractivity contribution in [1.29, 1.82) is 0 Å². The van der Waals surface area contributed by atoms with Crippen molar-refractivity contribution in [2.24, 2.45) is 0 Å². The van der Waals surface area contributed by atoms with Crippen molar-refractivity contribution >= 4 is 5.95 Å². The standard InChI is InChI=1S/C21H26N6/c1-2-7-19-24-25-20(27(19)16-17-8-4-3-5-9-17)18-10-14-26(15-11-18)21-22-12-6-13-23-21/h3-6,8-9,12-13,18H,2,7,10-11,14-16H2,1H3. The Bertz CT molecular complexity index is 838. The van der Waals surface area contributed by atoms with E-state index in [4.69, 9.17) is 0 Å². The summed E-state index contributed by atoms with van der Waals surface area (Å²) in [5, 5.41) is 9.14. The minimum absolute atomic E-state index is 0.437. The van der Waals surface area contributed by atoms with Crippen LogP contribution in [0.2, 0.25) is 0 Å². The van der Waals surface area contributed by atoms with Gasteiger partial charge in [-0.05, 0) is 30.9 Å². The minimum Gasteiger partial charge on any atom is -0.341 e. The lowest BCUT2D eigenvalue weighted by atomic mass is 9.96. The van der Waals surface area contributed by atoms with E-state index in [0.29, 0.717) is 5.92 Å². The summed E-state index contributed by atoms with van der Waals surface area (Å²) in [5.41, 5.74) is 1.30. The summed E-state index contributed by atoms with van der Waals surface area (Å²) >= 11 is 0. The molecule has 3 heterocycles. The molecule has 140 valence electrons. The summed E-state index contributed by atoms with van der Waals surface area (Å²) in [7, 11) is 0. The Labute approximate surface area is 160 Å². The third-order valence-corrected chi connectivity index (χ3v) is 5.21. The molecule has 27 heavy (non-hydrogen) atoms. The number of hydrogen-bond acceptors (Lipinski definition) is 5. The normalized spacial score (nSPS) is 15.2. The van der Waals surface area contributed by atoms with Gasteiger partial charge in [-0.25, -0.2) is 9.97 Å². The maximum absolute atomic E-state index is 4.62. The molecular weight excluding hydrogens is 336 g/mol. The third-order valence-electron chi connectivity index (χ3n) is 5.21. The molecule has 0 saturated carbocycles. The zero-order valence-corrected chi connectivity index (χ0v) is 15.8. The van der Waals surface area contributed by atoms with Crippen LogP contribution in [0.3, 0.4) is 0 Å². The number of aryl methyl sites for hydroxylation is 1. The Morgan fingerprint density at radius 1 is 0.963 bits per heavy atom. The highest BCUT2D eigenvalue weighted by Crippen LogP contribution is 2.29. The molecule has 0 N–H and O–H groups in total. The lowest BCUT2D eigenvalue weighted by molar-refractivity contribution is 0.463. The fraction of sp³-hybridized carbons (Fsp3) is 0.429. The Morgan fingerprint density at radius 2 is 1.70 bits per heavy atom. The zero-order chi connectivity index (χ0) is 18.5. The van der Waals surface area contributed by atoms with Crippen molar-refractivity contribution in [3.05, 3.63) is 66.0 Å². The van der Waals surface area contributed by atoms with Crippen molar-refractivity contribution in [2.75, 3.05) is 18.0 Å². The van der Waals surface area contributed by atoms with Crippen molar-refractivity contribution < 1.29 is 0 Å². The first-order valence-corrected chi connectivity index (χ1v) is 9.83. The summed E-state index contributed by atoms with van der Waals surface area (Å²) in [6.45, 7) is 4.95. The van der Waals surface area contributed by atoms with Crippen LogP contribution in [0.15, 0.2) is 48.8 Å². The molecule has 0 bridgehead atoms. The van der Waals surface area contributed by atoms with Gasteiger partial charge in [0.15, 0.2) is 0 Å². The summed E-state index contributed by atoms with van der Waals surface area (Å²) in [4.78, 5) is 11.0. The van der Waals surface area contributed by atoms with E-state index in [-0.39, 0.29) is 0 Å². The first-order valence-electron chi connectivity index (χ1n) is 9.83. The van der Waals surface area contributed by atoms with Crippen LogP contribution in [0.5, 0.6) is 0 Å². The van der Waals surface area contributed by atoms with Crippen LogP contribution >= 0.6 is 0 Å². The number of nitrogens with zero attached hydrogens (tertiary/aromatic N) is 6. The molecule has 2 aromatic heterocycles. The van der Waals surface area contributed by atoms with E-state index in [1.807, 2.05) is 18.5 Å².